The van der Waals surface area contributed by atoms with E-state index in [9.17, 15) is 9.50 Å². The molecule has 0 saturated carbocycles. The third-order valence-corrected chi connectivity index (χ3v) is 4.21. The lowest BCUT2D eigenvalue weighted by Crippen LogP contribution is -1.93. The molecule has 0 fully saturated rings. The van der Waals surface area contributed by atoms with Gasteiger partial charge in [-0.15, -0.1) is 0 Å². The summed E-state index contributed by atoms with van der Waals surface area (Å²) in [6, 6.07) is 11.0. The van der Waals surface area contributed by atoms with Gasteiger partial charge in [-0.1, -0.05) is 30.0 Å². The number of aliphatic hydroxyl groups is 1. The highest BCUT2D eigenvalue weighted by Crippen LogP contribution is 2.33. The fraction of sp³-hybridized carbons (Fsp3) is 0.250. The van der Waals surface area contributed by atoms with Crippen LogP contribution in [0.5, 0.6) is 0 Å². The number of halogens is 1. The van der Waals surface area contributed by atoms with Gasteiger partial charge in [-0.25, -0.2) is 4.39 Å². The van der Waals surface area contributed by atoms with Gasteiger partial charge in [0.25, 0.3) is 0 Å². The Morgan fingerprint density at radius 3 is 2.42 bits per heavy atom. The van der Waals surface area contributed by atoms with E-state index in [1.165, 1.54) is 17.8 Å². The van der Waals surface area contributed by atoms with E-state index >= 15 is 0 Å². The minimum atomic E-state index is -0.644. The Hall–Kier alpha value is -1.32. The van der Waals surface area contributed by atoms with Crippen LogP contribution in [-0.4, -0.2) is 5.11 Å². The van der Waals surface area contributed by atoms with Crippen LogP contribution >= 0.6 is 11.8 Å². The molecule has 0 amide bonds. The molecule has 2 aromatic carbocycles. The lowest BCUT2D eigenvalue weighted by molar-refractivity contribution is 0.198. The number of hydrogen-bond acceptors (Lipinski definition) is 2. The molecule has 1 N–H and O–H groups in total. The molecule has 1 nitrogen and oxygen atoms in total. The molecule has 0 aliphatic carbocycles. The molecule has 0 aromatic heterocycles. The van der Waals surface area contributed by atoms with E-state index in [0.29, 0.717) is 10.5 Å². The molecular weight excluding hydrogens is 259 g/mol. The van der Waals surface area contributed by atoms with Gasteiger partial charge in [-0.05, 0) is 55.7 Å². The summed E-state index contributed by atoms with van der Waals surface area (Å²) in [6.07, 6.45) is -0.644. The minimum absolute atomic E-state index is 0.288. The molecule has 0 spiro atoms. The molecule has 0 aliphatic heterocycles. The summed E-state index contributed by atoms with van der Waals surface area (Å²) >= 11 is 1.42. The predicted octanol–water partition coefficient (Wildman–Crippen LogP) is 4.65. The Morgan fingerprint density at radius 1 is 1.05 bits per heavy atom. The summed E-state index contributed by atoms with van der Waals surface area (Å²) in [5.74, 6) is -0.288. The van der Waals surface area contributed by atoms with E-state index in [-0.39, 0.29) is 5.82 Å². The summed E-state index contributed by atoms with van der Waals surface area (Å²) in [7, 11) is 0. The number of hydrogen-bond donors (Lipinski definition) is 1. The molecule has 1 atom stereocenters. The molecule has 0 aliphatic rings. The zero-order valence-electron chi connectivity index (χ0n) is 11.3. The van der Waals surface area contributed by atoms with Crippen molar-refractivity contribution < 1.29 is 9.50 Å². The molecule has 0 heterocycles. The third-order valence-electron chi connectivity index (χ3n) is 3.00. The maximum absolute atomic E-state index is 14.0. The first-order valence-corrected chi connectivity index (χ1v) is 7.01. The monoisotopic (exact) mass is 276 g/mol. The Labute approximate surface area is 117 Å². The fourth-order valence-corrected chi connectivity index (χ4v) is 2.80. The molecule has 100 valence electrons. The van der Waals surface area contributed by atoms with Crippen LogP contribution in [0.25, 0.3) is 0 Å². The van der Waals surface area contributed by atoms with Crippen molar-refractivity contribution in [3.8, 4) is 0 Å². The second kappa shape index (κ2) is 5.76. The third kappa shape index (κ3) is 3.37. The van der Waals surface area contributed by atoms with Gasteiger partial charge in [0.15, 0.2) is 0 Å². The number of aryl methyl sites for hydroxylation is 2. The zero-order valence-corrected chi connectivity index (χ0v) is 12.1. The summed E-state index contributed by atoms with van der Waals surface area (Å²) in [5.41, 5.74) is 2.89. The van der Waals surface area contributed by atoms with Gasteiger partial charge in [0.05, 0.1) is 6.10 Å². The first kappa shape index (κ1) is 14.1. The normalized spacial score (nSPS) is 12.5. The topological polar surface area (TPSA) is 20.2 Å². The molecule has 0 radical (unpaired) electrons. The van der Waals surface area contributed by atoms with Gasteiger partial charge in [0, 0.05) is 9.79 Å². The van der Waals surface area contributed by atoms with Crippen molar-refractivity contribution >= 4 is 11.8 Å². The van der Waals surface area contributed by atoms with Crippen LogP contribution in [0, 0.1) is 19.7 Å². The van der Waals surface area contributed by atoms with E-state index < -0.39 is 6.10 Å². The van der Waals surface area contributed by atoms with E-state index in [1.807, 2.05) is 26.0 Å². The summed E-state index contributed by atoms with van der Waals surface area (Å²) in [5, 5.41) is 9.44. The Morgan fingerprint density at radius 2 is 1.79 bits per heavy atom. The van der Waals surface area contributed by atoms with Gasteiger partial charge in [0.1, 0.15) is 5.82 Å². The molecular formula is C16H17FOS. The standard InChI is InChI=1S/C16H17FOS/c1-10-4-5-11(2)16(8-10)19-15-7-6-13(12(3)18)9-14(15)17/h4-9,12,18H,1-3H3. The first-order valence-electron chi connectivity index (χ1n) is 6.20. The quantitative estimate of drug-likeness (QED) is 0.880. The van der Waals surface area contributed by atoms with E-state index in [1.54, 1.807) is 19.1 Å². The van der Waals surface area contributed by atoms with Crippen LogP contribution in [0.1, 0.15) is 29.7 Å². The van der Waals surface area contributed by atoms with Crippen molar-refractivity contribution in [2.75, 3.05) is 0 Å². The van der Waals surface area contributed by atoms with Crippen LogP contribution in [-0.2, 0) is 0 Å². The lowest BCUT2D eigenvalue weighted by Gasteiger charge is -2.10. The van der Waals surface area contributed by atoms with E-state index in [0.717, 1.165) is 16.0 Å². The van der Waals surface area contributed by atoms with Crippen molar-refractivity contribution in [2.45, 2.75) is 36.7 Å². The lowest BCUT2D eigenvalue weighted by atomic mass is 10.1. The molecule has 3 heteroatoms. The highest BCUT2D eigenvalue weighted by atomic mass is 32.2. The number of benzene rings is 2. The highest BCUT2D eigenvalue weighted by molar-refractivity contribution is 7.99. The second-order valence-corrected chi connectivity index (χ2v) is 5.82. The van der Waals surface area contributed by atoms with Gasteiger partial charge >= 0.3 is 0 Å². The SMILES string of the molecule is Cc1ccc(C)c(Sc2ccc(C(C)O)cc2F)c1. The maximum Gasteiger partial charge on any atom is 0.137 e. The van der Waals surface area contributed by atoms with Crippen molar-refractivity contribution in [3.63, 3.8) is 0 Å². The Bertz CT molecular complexity index is 593. The summed E-state index contributed by atoms with van der Waals surface area (Å²) in [4.78, 5) is 1.64. The predicted molar refractivity (Wildman–Crippen MR) is 77.1 cm³/mol. The maximum atomic E-state index is 14.0. The number of rotatable bonds is 3. The van der Waals surface area contributed by atoms with Gasteiger partial charge in [-0.3, -0.25) is 0 Å². The van der Waals surface area contributed by atoms with Crippen LogP contribution in [0.4, 0.5) is 4.39 Å². The summed E-state index contributed by atoms with van der Waals surface area (Å²) in [6.45, 7) is 5.67. The highest BCUT2D eigenvalue weighted by Gasteiger charge is 2.09. The summed E-state index contributed by atoms with van der Waals surface area (Å²) < 4.78 is 14.0. The zero-order chi connectivity index (χ0) is 14.0. The second-order valence-electron chi connectivity index (χ2n) is 4.74. The van der Waals surface area contributed by atoms with Gasteiger partial charge in [-0.2, -0.15) is 0 Å². The fourth-order valence-electron chi connectivity index (χ4n) is 1.80. The van der Waals surface area contributed by atoms with Gasteiger partial charge < -0.3 is 5.11 Å². The molecule has 1 unspecified atom stereocenters. The number of aliphatic hydroxyl groups excluding tert-OH is 1. The van der Waals surface area contributed by atoms with Crippen molar-refractivity contribution in [1.29, 1.82) is 0 Å². The van der Waals surface area contributed by atoms with Crippen molar-refractivity contribution in [1.82, 2.24) is 0 Å². The average molecular weight is 276 g/mol. The smallest absolute Gasteiger partial charge is 0.137 e. The first-order chi connectivity index (χ1) is 8.97. The minimum Gasteiger partial charge on any atom is -0.389 e. The Balaban J connectivity index is 2.31. The van der Waals surface area contributed by atoms with Crippen LogP contribution < -0.4 is 0 Å². The molecule has 0 bridgehead atoms. The van der Waals surface area contributed by atoms with Crippen LogP contribution in [0.15, 0.2) is 46.2 Å². The van der Waals surface area contributed by atoms with E-state index in [2.05, 4.69) is 6.07 Å². The van der Waals surface area contributed by atoms with Crippen LogP contribution in [0.3, 0.4) is 0 Å². The van der Waals surface area contributed by atoms with Crippen molar-refractivity contribution in [3.05, 3.63) is 58.9 Å². The largest absolute Gasteiger partial charge is 0.389 e. The molecule has 19 heavy (non-hydrogen) atoms. The Kier molecular flexibility index (Phi) is 4.27. The molecule has 2 aromatic rings. The van der Waals surface area contributed by atoms with E-state index in [4.69, 9.17) is 0 Å². The molecule has 2 rings (SSSR count). The molecule has 0 saturated heterocycles. The van der Waals surface area contributed by atoms with Crippen LogP contribution in [0.2, 0.25) is 0 Å². The van der Waals surface area contributed by atoms with Gasteiger partial charge in [0.2, 0.25) is 0 Å². The van der Waals surface area contributed by atoms with Crippen molar-refractivity contribution in [2.24, 2.45) is 0 Å². The average Bonchev–Trinajstić information content (AvgIpc) is 2.36.